The predicted molar refractivity (Wildman–Crippen MR) is 145 cm³/mol. The normalized spacial score (nSPS) is 13.7. The molecule has 1 atom stereocenters. The van der Waals surface area contributed by atoms with Crippen LogP contribution >= 0.6 is 0 Å². The van der Waals surface area contributed by atoms with Crippen molar-refractivity contribution in [3.63, 3.8) is 0 Å². The molecular formula is C28H29F6N5O4. The molecule has 0 radical (unpaired) electrons. The van der Waals surface area contributed by atoms with Crippen LogP contribution < -0.4 is 10.6 Å². The molecule has 1 amide bonds. The summed E-state index contributed by atoms with van der Waals surface area (Å²) in [5.74, 6) is -2.61. The van der Waals surface area contributed by atoms with Crippen LogP contribution in [0.5, 0.6) is 0 Å². The van der Waals surface area contributed by atoms with Crippen LogP contribution in [0.3, 0.4) is 0 Å². The number of ether oxygens (including phenoxy) is 1. The van der Waals surface area contributed by atoms with E-state index in [0.717, 1.165) is 6.08 Å². The SMILES string of the molecule is C=CCCC(C)(C)Nc1nc(-c2nnc(C(CC=C)(OCc3ccccc3)C(F)(F)F)o2)c(NC(=O)O)cc1C(F)(F)F. The van der Waals surface area contributed by atoms with Gasteiger partial charge in [0.25, 0.3) is 11.8 Å². The highest BCUT2D eigenvalue weighted by Gasteiger charge is 2.60. The average molecular weight is 614 g/mol. The molecule has 0 saturated heterocycles. The Bertz CT molecular complexity index is 1440. The first kappa shape index (κ1) is 33.1. The fraction of sp³-hybridized carbons (Fsp3) is 0.357. The van der Waals surface area contributed by atoms with Crippen molar-refractivity contribution in [2.24, 2.45) is 0 Å². The van der Waals surface area contributed by atoms with Gasteiger partial charge in [-0.2, -0.15) is 26.3 Å². The highest BCUT2D eigenvalue weighted by atomic mass is 19.4. The summed E-state index contributed by atoms with van der Waals surface area (Å²) >= 11 is 0. The third-order valence-electron chi connectivity index (χ3n) is 6.19. The number of nitrogens with one attached hydrogen (secondary N) is 2. The molecule has 2 aromatic heterocycles. The van der Waals surface area contributed by atoms with Gasteiger partial charge in [-0.15, -0.1) is 23.4 Å². The van der Waals surface area contributed by atoms with Crippen LogP contribution in [0.15, 0.2) is 66.1 Å². The van der Waals surface area contributed by atoms with Gasteiger partial charge < -0.3 is 19.6 Å². The van der Waals surface area contributed by atoms with Crippen molar-refractivity contribution >= 4 is 17.6 Å². The molecule has 0 fully saturated rings. The van der Waals surface area contributed by atoms with E-state index in [0.29, 0.717) is 24.5 Å². The van der Waals surface area contributed by atoms with Gasteiger partial charge in [-0.25, -0.2) is 9.78 Å². The van der Waals surface area contributed by atoms with Gasteiger partial charge in [0.2, 0.25) is 5.60 Å². The molecule has 3 N–H and O–H groups in total. The number of hydrogen-bond acceptors (Lipinski definition) is 7. The lowest BCUT2D eigenvalue weighted by Crippen LogP contribution is -2.45. The molecule has 0 saturated carbocycles. The summed E-state index contributed by atoms with van der Waals surface area (Å²) in [5.41, 5.74) is -6.51. The minimum absolute atomic E-state index is 0.332. The molecule has 9 nitrogen and oxygen atoms in total. The van der Waals surface area contributed by atoms with Gasteiger partial charge in [0, 0.05) is 12.0 Å². The Kier molecular flexibility index (Phi) is 9.90. The second-order valence-corrected chi connectivity index (χ2v) is 10.0. The van der Waals surface area contributed by atoms with Crippen LogP contribution in [0, 0.1) is 0 Å². The van der Waals surface area contributed by atoms with E-state index in [1.807, 2.05) is 0 Å². The van der Waals surface area contributed by atoms with Gasteiger partial charge in [0.15, 0.2) is 5.69 Å². The fourth-order valence-electron chi connectivity index (χ4n) is 4.04. The summed E-state index contributed by atoms with van der Waals surface area (Å²) < 4.78 is 96.7. The number of amides is 1. The molecule has 3 aromatic rings. The number of anilines is 2. The lowest BCUT2D eigenvalue weighted by Gasteiger charge is -2.31. The Hall–Kier alpha value is -4.40. The van der Waals surface area contributed by atoms with E-state index in [9.17, 15) is 36.2 Å². The van der Waals surface area contributed by atoms with Crippen LogP contribution in [-0.4, -0.2) is 38.1 Å². The van der Waals surface area contributed by atoms with E-state index in [-0.39, 0.29) is 0 Å². The Labute approximate surface area is 242 Å². The highest BCUT2D eigenvalue weighted by Crippen LogP contribution is 2.47. The van der Waals surface area contributed by atoms with E-state index in [2.05, 4.69) is 33.7 Å². The third-order valence-corrected chi connectivity index (χ3v) is 6.19. The summed E-state index contributed by atoms with van der Waals surface area (Å²) in [6.07, 6.45) is -9.49. The monoisotopic (exact) mass is 613 g/mol. The van der Waals surface area contributed by atoms with Crippen LogP contribution in [0.4, 0.5) is 42.6 Å². The Morgan fingerprint density at radius 2 is 1.74 bits per heavy atom. The fourth-order valence-corrected chi connectivity index (χ4v) is 4.04. The van der Waals surface area contributed by atoms with E-state index >= 15 is 0 Å². The largest absolute Gasteiger partial charge is 0.465 e. The number of hydrogen-bond donors (Lipinski definition) is 3. The second kappa shape index (κ2) is 12.9. The first-order valence-corrected chi connectivity index (χ1v) is 12.7. The van der Waals surface area contributed by atoms with Crippen LogP contribution in [0.1, 0.15) is 50.1 Å². The Balaban J connectivity index is 2.20. The summed E-state index contributed by atoms with van der Waals surface area (Å²) in [6.45, 7) is 9.64. The zero-order valence-corrected chi connectivity index (χ0v) is 23.1. The van der Waals surface area contributed by atoms with Crippen LogP contribution in [0.25, 0.3) is 11.6 Å². The Morgan fingerprint density at radius 1 is 1.07 bits per heavy atom. The van der Waals surface area contributed by atoms with Crippen molar-refractivity contribution in [3.8, 4) is 11.6 Å². The minimum Gasteiger partial charge on any atom is -0.465 e. The first-order chi connectivity index (χ1) is 20.0. The van der Waals surface area contributed by atoms with Gasteiger partial charge in [0.05, 0.1) is 17.9 Å². The number of alkyl halides is 6. The van der Waals surface area contributed by atoms with Gasteiger partial charge in [0.1, 0.15) is 5.82 Å². The number of allylic oxidation sites excluding steroid dienone is 1. The topological polar surface area (TPSA) is 122 Å². The van der Waals surface area contributed by atoms with Crippen molar-refractivity contribution in [2.45, 2.75) is 63.2 Å². The molecule has 232 valence electrons. The zero-order valence-electron chi connectivity index (χ0n) is 23.1. The van der Waals surface area contributed by atoms with Crippen molar-refractivity contribution in [3.05, 3.63) is 78.7 Å². The molecule has 1 unspecified atom stereocenters. The van der Waals surface area contributed by atoms with Crippen molar-refractivity contribution in [2.75, 3.05) is 10.6 Å². The number of carbonyl (C=O) groups is 1. The number of nitrogens with zero attached hydrogens (tertiary/aromatic N) is 3. The molecule has 2 heterocycles. The molecule has 1 aromatic carbocycles. The standard InChI is InChI=1S/C28H29F6N5O4/c1-5-7-14-25(3,4)37-21-18(27(29,30)31)15-19(35-24(40)41)20(36-21)22-38-39-23(43-22)26(13-6-2,28(32,33)34)42-16-17-11-9-8-10-12-17/h5-6,8-12,15,35H,1-2,7,13-14,16H2,3-4H3,(H,36,37)(H,40,41). The minimum atomic E-state index is -5.13. The van der Waals surface area contributed by atoms with Crippen molar-refractivity contribution < 1.29 is 45.4 Å². The lowest BCUT2D eigenvalue weighted by molar-refractivity contribution is -0.295. The van der Waals surface area contributed by atoms with Gasteiger partial charge in [-0.3, -0.25) is 5.32 Å². The number of benzene rings is 1. The van der Waals surface area contributed by atoms with Crippen LogP contribution in [-0.2, 0) is 23.1 Å². The molecule has 3 rings (SSSR count). The second-order valence-electron chi connectivity index (χ2n) is 10.0. The van der Waals surface area contributed by atoms with Crippen LogP contribution in [0.2, 0.25) is 0 Å². The molecule has 0 aliphatic heterocycles. The number of rotatable bonds is 13. The van der Waals surface area contributed by atoms with Crippen molar-refractivity contribution in [1.82, 2.24) is 15.2 Å². The molecule has 15 heteroatoms. The van der Waals surface area contributed by atoms with Gasteiger partial charge in [-0.05, 0) is 38.3 Å². The quantitative estimate of drug-likeness (QED) is 0.131. The van der Waals surface area contributed by atoms with E-state index in [1.54, 1.807) is 43.4 Å². The molecule has 0 spiro atoms. The maximum atomic E-state index is 14.6. The highest BCUT2D eigenvalue weighted by molar-refractivity contribution is 5.88. The van der Waals surface area contributed by atoms with E-state index < -0.39 is 77.2 Å². The summed E-state index contributed by atoms with van der Waals surface area (Å²) in [4.78, 5) is 15.4. The maximum Gasteiger partial charge on any atom is 0.426 e. The van der Waals surface area contributed by atoms with Crippen molar-refractivity contribution in [1.29, 1.82) is 0 Å². The molecular weight excluding hydrogens is 584 g/mol. The zero-order chi connectivity index (χ0) is 32.1. The molecule has 0 bridgehead atoms. The average Bonchev–Trinajstić information content (AvgIpc) is 3.40. The molecule has 43 heavy (non-hydrogen) atoms. The smallest absolute Gasteiger partial charge is 0.426 e. The maximum absolute atomic E-state index is 14.6. The predicted octanol–water partition coefficient (Wildman–Crippen LogP) is 7.95. The number of pyridine rings is 1. The first-order valence-electron chi connectivity index (χ1n) is 12.7. The number of halogens is 6. The summed E-state index contributed by atoms with van der Waals surface area (Å²) in [6, 6.07) is 8.38. The number of aromatic nitrogens is 3. The molecule has 0 aliphatic carbocycles. The van der Waals surface area contributed by atoms with E-state index in [1.165, 1.54) is 12.1 Å². The van der Waals surface area contributed by atoms with Gasteiger partial charge in [-0.1, -0.05) is 42.5 Å². The lowest BCUT2D eigenvalue weighted by atomic mass is 9.98. The molecule has 0 aliphatic rings. The third kappa shape index (κ3) is 7.91. The number of carboxylic acid groups (broad SMARTS) is 1. The summed E-state index contributed by atoms with van der Waals surface area (Å²) in [7, 11) is 0. The summed E-state index contributed by atoms with van der Waals surface area (Å²) in [5, 5.41) is 20.9. The van der Waals surface area contributed by atoms with E-state index in [4.69, 9.17) is 9.15 Å². The Morgan fingerprint density at radius 3 is 2.30 bits per heavy atom. The van der Waals surface area contributed by atoms with Gasteiger partial charge >= 0.3 is 18.4 Å².